The molecule has 0 amide bonds. The summed E-state index contributed by atoms with van der Waals surface area (Å²) in [6, 6.07) is 1.77. The van der Waals surface area contributed by atoms with Gasteiger partial charge in [-0.1, -0.05) is 15.9 Å². The molecule has 0 unspecified atom stereocenters. The van der Waals surface area contributed by atoms with Crippen molar-refractivity contribution in [1.82, 2.24) is 4.98 Å². The summed E-state index contributed by atoms with van der Waals surface area (Å²) in [5, 5.41) is 8.88. The molecule has 0 saturated heterocycles. The molecule has 1 rings (SSSR count). The quantitative estimate of drug-likeness (QED) is 0.799. The van der Waals surface area contributed by atoms with Crippen molar-refractivity contribution in [3.8, 4) is 17.7 Å². The van der Waals surface area contributed by atoms with Crippen molar-refractivity contribution in [2.75, 3.05) is 7.11 Å². The molecule has 0 aliphatic carbocycles. The SMILES string of the molecule is COc1cnc(OC(F)(F)F)c(CC#N)c1CBr. The van der Waals surface area contributed by atoms with E-state index in [0.717, 1.165) is 6.20 Å². The molecule has 0 aliphatic heterocycles. The van der Waals surface area contributed by atoms with Crippen molar-refractivity contribution in [2.45, 2.75) is 18.1 Å². The van der Waals surface area contributed by atoms with E-state index in [0.29, 0.717) is 11.3 Å². The van der Waals surface area contributed by atoms with Gasteiger partial charge in [0.15, 0.2) is 0 Å². The van der Waals surface area contributed by atoms with Crippen LogP contribution in [0.3, 0.4) is 0 Å². The largest absolute Gasteiger partial charge is 0.574 e. The number of hydrogen-bond donors (Lipinski definition) is 0. The summed E-state index contributed by atoms with van der Waals surface area (Å²) < 4.78 is 45.3. The highest BCUT2D eigenvalue weighted by Crippen LogP contribution is 2.33. The van der Waals surface area contributed by atoms with Gasteiger partial charge < -0.3 is 9.47 Å². The van der Waals surface area contributed by atoms with Crippen LogP contribution in [0.2, 0.25) is 0 Å². The minimum absolute atomic E-state index is 0.0612. The maximum atomic E-state index is 12.2. The van der Waals surface area contributed by atoms with Crippen molar-refractivity contribution in [3.63, 3.8) is 0 Å². The number of ether oxygens (including phenoxy) is 2. The second-order valence-electron chi connectivity index (χ2n) is 3.11. The first-order valence-corrected chi connectivity index (χ1v) is 5.78. The van der Waals surface area contributed by atoms with E-state index in [9.17, 15) is 13.2 Å². The van der Waals surface area contributed by atoms with Gasteiger partial charge in [0.1, 0.15) is 5.75 Å². The van der Waals surface area contributed by atoms with Gasteiger partial charge in [-0.15, -0.1) is 13.2 Å². The van der Waals surface area contributed by atoms with Crippen LogP contribution in [0.4, 0.5) is 13.2 Å². The topological polar surface area (TPSA) is 55.1 Å². The molecule has 4 nitrogen and oxygen atoms in total. The van der Waals surface area contributed by atoms with E-state index in [1.54, 1.807) is 6.07 Å². The Morgan fingerprint density at radius 1 is 1.44 bits per heavy atom. The smallest absolute Gasteiger partial charge is 0.495 e. The van der Waals surface area contributed by atoms with Gasteiger partial charge in [-0.05, 0) is 0 Å². The average molecular weight is 325 g/mol. The molecular weight excluding hydrogens is 317 g/mol. The Kier molecular flexibility index (Phi) is 4.78. The zero-order chi connectivity index (χ0) is 13.8. The number of halogens is 4. The third kappa shape index (κ3) is 3.50. The Bertz CT molecular complexity index is 471. The lowest BCUT2D eigenvalue weighted by atomic mass is 10.1. The van der Waals surface area contributed by atoms with Crippen LogP contribution in [0.1, 0.15) is 11.1 Å². The average Bonchev–Trinajstić information content (AvgIpc) is 2.29. The third-order valence-electron chi connectivity index (χ3n) is 2.04. The summed E-state index contributed by atoms with van der Waals surface area (Å²) in [5.74, 6) is -0.328. The Morgan fingerprint density at radius 3 is 2.56 bits per heavy atom. The monoisotopic (exact) mass is 324 g/mol. The summed E-state index contributed by atoms with van der Waals surface area (Å²) in [7, 11) is 1.36. The molecule has 0 radical (unpaired) electrons. The van der Waals surface area contributed by atoms with Crippen LogP contribution in [0, 0.1) is 11.3 Å². The van der Waals surface area contributed by atoms with Crippen molar-refractivity contribution >= 4 is 15.9 Å². The fraction of sp³-hybridized carbons (Fsp3) is 0.400. The molecule has 0 N–H and O–H groups in total. The second-order valence-corrected chi connectivity index (χ2v) is 3.67. The molecule has 0 atom stereocenters. The van der Waals surface area contributed by atoms with E-state index in [2.05, 4.69) is 25.7 Å². The van der Waals surface area contributed by atoms with E-state index in [1.165, 1.54) is 7.11 Å². The lowest BCUT2D eigenvalue weighted by Crippen LogP contribution is -2.19. The highest BCUT2D eigenvalue weighted by atomic mass is 79.9. The summed E-state index contributed by atoms with van der Waals surface area (Å²) in [5.41, 5.74) is 0.472. The minimum atomic E-state index is -4.85. The van der Waals surface area contributed by atoms with Gasteiger partial charge in [-0.3, -0.25) is 0 Å². The fourth-order valence-electron chi connectivity index (χ4n) is 1.33. The van der Waals surface area contributed by atoms with E-state index >= 15 is 0 Å². The summed E-state index contributed by atoms with van der Waals surface area (Å²) in [4.78, 5) is 3.52. The van der Waals surface area contributed by atoms with Crippen LogP contribution >= 0.6 is 15.9 Å². The van der Waals surface area contributed by atoms with Crippen molar-refractivity contribution in [1.29, 1.82) is 5.26 Å². The van der Waals surface area contributed by atoms with E-state index in [-0.39, 0.29) is 17.3 Å². The van der Waals surface area contributed by atoms with E-state index in [1.807, 2.05) is 0 Å². The predicted molar refractivity (Wildman–Crippen MR) is 59.4 cm³/mol. The van der Waals surface area contributed by atoms with Gasteiger partial charge in [-0.25, -0.2) is 4.98 Å². The van der Waals surface area contributed by atoms with Gasteiger partial charge >= 0.3 is 6.36 Å². The number of methoxy groups -OCH3 is 1. The van der Waals surface area contributed by atoms with Gasteiger partial charge in [0, 0.05) is 16.5 Å². The van der Waals surface area contributed by atoms with Crippen molar-refractivity contribution < 1.29 is 22.6 Å². The number of alkyl halides is 4. The molecule has 18 heavy (non-hydrogen) atoms. The zero-order valence-corrected chi connectivity index (χ0v) is 10.8. The molecule has 0 bridgehead atoms. The molecule has 8 heteroatoms. The highest BCUT2D eigenvalue weighted by molar-refractivity contribution is 9.08. The van der Waals surface area contributed by atoms with Crippen LogP contribution in [-0.4, -0.2) is 18.5 Å². The minimum Gasteiger partial charge on any atom is -0.495 e. The Balaban J connectivity index is 3.30. The highest BCUT2D eigenvalue weighted by Gasteiger charge is 2.33. The van der Waals surface area contributed by atoms with Crippen LogP contribution in [0.25, 0.3) is 0 Å². The first-order valence-electron chi connectivity index (χ1n) is 4.66. The maximum absolute atomic E-state index is 12.2. The molecule has 0 aromatic carbocycles. The molecule has 0 aliphatic rings. The van der Waals surface area contributed by atoms with Crippen LogP contribution in [0.5, 0.6) is 11.6 Å². The normalized spacial score (nSPS) is 10.9. The fourth-order valence-corrected chi connectivity index (χ4v) is 1.95. The molecule has 0 saturated carbocycles. The van der Waals surface area contributed by atoms with E-state index in [4.69, 9.17) is 10.00 Å². The van der Waals surface area contributed by atoms with Crippen molar-refractivity contribution in [3.05, 3.63) is 17.3 Å². The first-order chi connectivity index (χ1) is 8.42. The standard InChI is InChI=1S/C10H8BrF3N2O2/c1-17-8-5-16-9(18-10(12,13)14)6(2-3-15)7(8)4-11/h5H,2,4H2,1H3. The molecule has 1 heterocycles. The van der Waals surface area contributed by atoms with E-state index < -0.39 is 12.2 Å². The van der Waals surface area contributed by atoms with Gasteiger partial charge in [0.2, 0.25) is 5.88 Å². The summed E-state index contributed by atoms with van der Waals surface area (Å²) in [6.07, 6.45) is -3.98. The van der Waals surface area contributed by atoms with Crippen LogP contribution in [-0.2, 0) is 11.8 Å². The number of rotatable bonds is 4. The Hall–Kier alpha value is -1.49. The van der Waals surface area contributed by atoms with Crippen LogP contribution < -0.4 is 9.47 Å². The zero-order valence-electron chi connectivity index (χ0n) is 9.21. The number of hydrogen-bond acceptors (Lipinski definition) is 4. The summed E-state index contributed by atoms with van der Waals surface area (Å²) >= 11 is 3.13. The Labute approximate surface area is 109 Å². The first kappa shape index (κ1) is 14.6. The molecular formula is C10H8BrF3N2O2. The lowest BCUT2D eigenvalue weighted by Gasteiger charge is -2.15. The molecule has 1 aromatic heterocycles. The predicted octanol–water partition coefficient (Wildman–Crippen LogP) is 2.95. The van der Waals surface area contributed by atoms with Gasteiger partial charge in [-0.2, -0.15) is 5.26 Å². The molecule has 1 aromatic rings. The van der Waals surface area contributed by atoms with Crippen LogP contribution in [0.15, 0.2) is 6.20 Å². The lowest BCUT2D eigenvalue weighted by molar-refractivity contribution is -0.276. The number of nitriles is 1. The number of aromatic nitrogens is 1. The third-order valence-corrected chi connectivity index (χ3v) is 2.60. The second kappa shape index (κ2) is 5.91. The molecule has 98 valence electrons. The van der Waals surface area contributed by atoms with Crippen molar-refractivity contribution in [2.24, 2.45) is 0 Å². The Morgan fingerprint density at radius 2 is 2.11 bits per heavy atom. The molecule has 0 fully saturated rings. The summed E-state index contributed by atoms with van der Waals surface area (Å²) in [6.45, 7) is 0. The van der Waals surface area contributed by atoms with Gasteiger partial charge in [0.05, 0.1) is 25.8 Å². The number of pyridine rings is 1. The van der Waals surface area contributed by atoms with Gasteiger partial charge in [0.25, 0.3) is 0 Å². The molecule has 0 spiro atoms. The maximum Gasteiger partial charge on any atom is 0.574 e. The number of nitrogens with zero attached hydrogens (tertiary/aromatic N) is 2.